The molecule has 3 N–H and O–H groups in total. The summed E-state index contributed by atoms with van der Waals surface area (Å²) in [5.41, 5.74) is 0.339. The van der Waals surface area contributed by atoms with Gasteiger partial charge in [-0.25, -0.2) is 0 Å². The molecule has 0 bridgehead atoms. The fraction of sp³-hybridized carbons (Fsp3) is 0.462. The number of hydrogen-bond acceptors (Lipinski definition) is 3. The Morgan fingerprint density at radius 1 is 1.47 bits per heavy atom. The lowest BCUT2D eigenvalue weighted by atomic mass is 9.91. The van der Waals surface area contributed by atoms with Crippen LogP contribution in [-0.4, -0.2) is 28.3 Å². The van der Waals surface area contributed by atoms with Crippen molar-refractivity contribution in [1.29, 1.82) is 0 Å². The molecule has 0 saturated carbocycles. The Morgan fingerprint density at radius 3 is 2.65 bits per heavy atom. The van der Waals surface area contributed by atoms with E-state index in [9.17, 15) is 9.90 Å². The van der Waals surface area contributed by atoms with Crippen molar-refractivity contribution in [1.82, 2.24) is 5.32 Å². The molecule has 1 aromatic carbocycles. The molecule has 92 valence electrons. The Balaban J connectivity index is 1.98. The molecule has 0 spiro atoms. The molecule has 1 fully saturated rings. The van der Waals surface area contributed by atoms with E-state index < -0.39 is 11.5 Å². The number of aromatic hydroxyl groups is 1. The summed E-state index contributed by atoms with van der Waals surface area (Å²) in [4.78, 5) is 11.1. The van der Waals surface area contributed by atoms with Crippen molar-refractivity contribution in [2.45, 2.75) is 25.3 Å². The molecule has 0 radical (unpaired) electrons. The standard InChI is InChI=1S/C13H17NO3/c1-13(12(16)17)7-10(8-14-13)6-9-2-4-11(15)5-3-9/h2-5,10,14-15H,6-8H2,1H3,(H,16,17). The smallest absolute Gasteiger partial charge is 0.323 e. The summed E-state index contributed by atoms with van der Waals surface area (Å²) in [6.07, 6.45) is 1.49. The number of phenolic OH excluding ortho intramolecular Hbond substituents is 1. The van der Waals surface area contributed by atoms with Gasteiger partial charge in [0.1, 0.15) is 11.3 Å². The Kier molecular flexibility index (Phi) is 3.07. The van der Waals surface area contributed by atoms with Crippen LogP contribution in [0.2, 0.25) is 0 Å². The van der Waals surface area contributed by atoms with E-state index in [1.54, 1.807) is 19.1 Å². The number of carbonyl (C=O) groups is 1. The van der Waals surface area contributed by atoms with Crippen LogP contribution in [0.15, 0.2) is 24.3 Å². The highest BCUT2D eigenvalue weighted by molar-refractivity contribution is 5.78. The first-order chi connectivity index (χ1) is 7.99. The van der Waals surface area contributed by atoms with Gasteiger partial charge in [-0.1, -0.05) is 12.1 Å². The van der Waals surface area contributed by atoms with Crippen LogP contribution in [0.3, 0.4) is 0 Å². The number of phenols is 1. The van der Waals surface area contributed by atoms with Crippen molar-refractivity contribution >= 4 is 5.97 Å². The summed E-state index contributed by atoms with van der Waals surface area (Å²) in [6, 6.07) is 7.08. The van der Waals surface area contributed by atoms with Crippen LogP contribution >= 0.6 is 0 Å². The lowest BCUT2D eigenvalue weighted by molar-refractivity contribution is -0.143. The molecule has 2 rings (SSSR count). The van der Waals surface area contributed by atoms with Crippen LogP contribution in [-0.2, 0) is 11.2 Å². The lowest BCUT2D eigenvalue weighted by Gasteiger charge is -2.18. The molecule has 1 aliphatic rings. The first kappa shape index (κ1) is 11.9. The summed E-state index contributed by atoms with van der Waals surface area (Å²) in [6.45, 7) is 2.45. The maximum atomic E-state index is 11.1. The number of hydrogen-bond donors (Lipinski definition) is 3. The normalized spacial score (nSPS) is 28.2. The second-order valence-corrected chi connectivity index (χ2v) is 4.96. The maximum absolute atomic E-state index is 11.1. The summed E-state index contributed by atoms with van der Waals surface area (Å²) >= 11 is 0. The predicted molar refractivity (Wildman–Crippen MR) is 64.0 cm³/mol. The highest BCUT2D eigenvalue weighted by Gasteiger charge is 2.40. The van der Waals surface area contributed by atoms with Crippen molar-refractivity contribution < 1.29 is 15.0 Å². The molecule has 17 heavy (non-hydrogen) atoms. The average Bonchev–Trinajstić information content (AvgIpc) is 2.65. The Morgan fingerprint density at radius 2 is 2.12 bits per heavy atom. The minimum atomic E-state index is -0.790. The molecule has 4 nitrogen and oxygen atoms in total. The summed E-state index contributed by atoms with van der Waals surface area (Å²) in [5, 5.41) is 21.3. The summed E-state index contributed by atoms with van der Waals surface area (Å²) in [7, 11) is 0. The van der Waals surface area contributed by atoms with Gasteiger partial charge in [0, 0.05) is 0 Å². The van der Waals surface area contributed by atoms with E-state index in [-0.39, 0.29) is 5.75 Å². The van der Waals surface area contributed by atoms with Gasteiger partial charge in [-0.15, -0.1) is 0 Å². The first-order valence-electron chi connectivity index (χ1n) is 5.76. The first-order valence-corrected chi connectivity index (χ1v) is 5.76. The molecule has 0 amide bonds. The average molecular weight is 235 g/mol. The predicted octanol–water partition coefficient (Wildman–Crippen LogP) is 1.39. The zero-order valence-corrected chi connectivity index (χ0v) is 9.81. The van der Waals surface area contributed by atoms with E-state index >= 15 is 0 Å². The van der Waals surface area contributed by atoms with Crippen LogP contribution in [0.1, 0.15) is 18.9 Å². The molecule has 1 aromatic rings. The van der Waals surface area contributed by atoms with Crippen molar-refractivity contribution in [3.63, 3.8) is 0 Å². The molecule has 0 aliphatic carbocycles. The van der Waals surface area contributed by atoms with E-state index in [0.717, 1.165) is 18.5 Å². The summed E-state index contributed by atoms with van der Waals surface area (Å²) < 4.78 is 0. The fourth-order valence-electron chi connectivity index (χ4n) is 2.36. The van der Waals surface area contributed by atoms with Gasteiger partial charge in [0.15, 0.2) is 0 Å². The van der Waals surface area contributed by atoms with E-state index in [2.05, 4.69) is 5.32 Å². The van der Waals surface area contributed by atoms with Crippen LogP contribution < -0.4 is 5.32 Å². The third-order valence-electron chi connectivity index (χ3n) is 3.41. The third kappa shape index (κ3) is 2.58. The molecule has 1 heterocycles. The largest absolute Gasteiger partial charge is 0.508 e. The number of benzene rings is 1. The van der Waals surface area contributed by atoms with Gasteiger partial charge >= 0.3 is 5.97 Å². The SMILES string of the molecule is CC1(C(=O)O)CC(Cc2ccc(O)cc2)CN1. The summed E-state index contributed by atoms with van der Waals surface area (Å²) in [5.74, 6) is -0.194. The fourth-order valence-corrected chi connectivity index (χ4v) is 2.36. The second-order valence-electron chi connectivity index (χ2n) is 4.96. The topological polar surface area (TPSA) is 69.6 Å². The lowest BCUT2D eigenvalue weighted by Crippen LogP contribution is -2.44. The molecule has 4 heteroatoms. The molecule has 1 aliphatic heterocycles. The van der Waals surface area contributed by atoms with Gasteiger partial charge < -0.3 is 15.5 Å². The van der Waals surface area contributed by atoms with Gasteiger partial charge in [0.05, 0.1) is 0 Å². The van der Waals surface area contributed by atoms with Crippen LogP contribution in [0.4, 0.5) is 0 Å². The van der Waals surface area contributed by atoms with Gasteiger partial charge in [-0.3, -0.25) is 4.79 Å². The number of aliphatic carboxylic acids is 1. The Labute approximate surface area is 100 Å². The van der Waals surface area contributed by atoms with Gasteiger partial charge in [0.25, 0.3) is 0 Å². The minimum absolute atomic E-state index is 0.258. The Bertz CT molecular complexity index is 415. The second kappa shape index (κ2) is 4.37. The zero-order valence-electron chi connectivity index (χ0n) is 9.81. The van der Waals surface area contributed by atoms with Crippen molar-refractivity contribution in [3.05, 3.63) is 29.8 Å². The Hall–Kier alpha value is -1.55. The highest BCUT2D eigenvalue weighted by Crippen LogP contribution is 2.27. The maximum Gasteiger partial charge on any atom is 0.323 e. The van der Waals surface area contributed by atoms with E-state index in [0.29, 0.717) is 12.3 Å². The quantitative estimate of drug-likeness (QED) is 0.740. The molecular formula is C13H17NO3. The van der Waals surface area contributed by atoms with Crippen LogP contribution in [0.25, 0.3) is 0 Å². The molecule has 2 atom stereocenters. The number of rotatable bonds is 3. The number of carboxylic acids is 1. The van der Waals surface area contributed by atoms with E-state index in [1.165, 1.54) is 0 Å². The number of nitrogens with one attached hydrogen (secondary N) is 1. The van der Waals surface area contributed by atoms with Crippen molar-refractivity contribution in [2.75, 3.05) is 6.54 Å². The van der Waals surface area contributed by atoms with Gasteiger partial charge in [-0.2, -0.15) is 0 Å². The monoisotopic (exact) mass is 235 g/mol. The molecular weight excluding hydrogens is 218 g/mol. The van der Waals surface area contributed by atoms with Gasteiger partial charge in [-0.05, 0) is 49.9 Å². The van der Waals surface area contributed by atoms with E-state index in [1.807, 2.05) is 12.1 Å². The third-order valence-corrected chi connectivity index (χ3v) is 3.41. The van der Waals surface area contributed by atoms with Crippen molar-refractivity contribution in [2.24, 2.45) is 5.92 Å². The molecule has 1 saturated heterocycles. The minimum Gasteiger partial charge on any atom is -0.508 e. The zero-order chi connectivity index (χ0) is 12.5. The van der Waals surface area contributed by atoms with Crippen LogP contribution in [0, 0.1) is 5.92 Å². The molecule has 0 aromatic heterocycles. The highest BCUT2D eigenvalue weighted by atomic mass is 16.4. The molecule has 2 unspecified atom stereocenters. The van der Waals surface area contributed by atoms with Gasteiger partial charge in [0.2, 0.25) is 0 Å². The number of carboxylic acid groups (broad SMARTS) is 1. The van der Waals surface area contributed by atoms with Crippen LogP contribution in [0.5, 0.6) is 5.75 Å². The van der Waals surface area contributed by atoms with E-state index in [4.69, 9.17) is 5.11 Å². The van der Waals surface area contributed by atoms with Crippen molar-refractivity contribution in [3.8, 4) is 5.75 Å².